The highest BCUT2D eigenvalue weighted by Crippen LogP contribution is 2.37. The third-order valence-corrected chi connectivity index (χ3v) is 5.18. The summed E-state index contributed by atoms with van der Waals surface area (Å²) in [7, 11) is 0. The summed E-state index contributed by atoms with van der Waals surface area (Å²) < 4.78 is 5.67. The monoisotopic (exact) mass is 285 g/mol. The van der Waals surface area contributed by atoms with Gasteiger partial charge in [0, 0.05) is 10.6 Å². The molecule has 0 radical (unpaired) electrons. The van der Waals surface area contributed by atoms with Gasteiger partial charge in [-0.15, -0.1) is 22.9 Å². The Morgan fingerprint density at radius 3 is 3.12 bits per heavy atom. The maximum atomic E-state index is 5.95. The first-order chi connectivity index (χ1) is 8.24. The van der Waals surface area contributed by atoms with Crippen molar-refractivity contribution in [2.45, 2.75) is 24.5 Å². The summed E-state index contributed by atoms with van der Waals surface area (Å²) in [5.74, 6) is 3.80. The Kier molecular flexibility index (Phi) is 3.19. The van der Waals surface area contributed by atoms with Gasteiger partial charge in [-0.05, 0) is 30.7 Å². The number of aryl methyl sites for hydroxylation is 1. The predicted octanol–water partition coefficient (Wildman–Crippen LogP) is 4.49. The van der Waals surface area contributed by atoms with Gasteiger partial charge in [-0.1, -0.05) is 0 Å². The molecule has 2 aromatic heterocycles. The van der Waals surface area contributed by atoms with Crippen LogP contribution in [0.25, 0.3) is 10.6 Å². The summed E-state index contributed by atoms with van der Waals surface area (Å²) in [6, 6.07) is 2.23. The molecule has 0 spiro atoms. The molecule has 2 aromatic rings. The van der Waals surface area contributed by atoms with Crippen molar-refractivity contribution in [2.75, 3.05) is 5.75 Å². The molecule has 1 aliphatic rings. The van der Waals surface area contributed by atoms with Crippen LogP contribution >= 0.6 is 34.7 Å². The molecular weight excluding hydrogens is 274 g/mol. The zero-order chi connectivity index (χ0) is 11.8. The molecule has 1 unspecified atom stereocenters. The third kappa shape index (κ3) is 2.26. The number of alkyl halides is 1. The van der Waals surface area contributed by atoms with Gasteiger partial charge in [-0.2, -0.15) is 11.8 Å². The number of aromatic nitrogens is 1. The third-order valence-electron chi connectivity index (χ3n) is 2.73. The predicted molar refractivity (Wildman–Crippen MR) is 74.0 cm³/mol. The summed E-state index contributed by atoms with van der Waals surface area (Å²) in [4.78, 5) is 6.87. The van der Waals surface area contributed by atoms with Crippen molar-refractivity contribution in [3.63, 3.8) is 0 Å². The van der Waals surface area contributed by atoms with Crippen molar-refractivity contribution in [2.24, 2.45) is 0 Å². The number of fused-ring (bicyclic) bond motifs is 1. The Hall–Kier alpha value is -0.450. The van der Waals surface area contributed by atoms with E-state index in [0.29, 0.717) is 5.89 Å². The lowest BCUT2D eigenvalue weighted by molar-refractivity contribution is 0.509. The number of halogens is 1. The fourth-order valence-electron chi connectivity index (χ4n) is 1.85. The molecule has 2 nitrogen and oxygen atoms in total. The van der Waals surface area contributed by atoms with E-state index in [9.17, 15) is 0 Å². The maximum Gasteiger partial charge on any atom is 0.212 e. The van der Waals surface area contributed by atoms with Crippen molar-refractivity contribution >= 4 is 34.7 Å². The highest BCUT2D eigenvalue weighted by Gasteiger charge is 2.17. The van der Waals surface area contributed by atoms with Gasteiger partial charge in [-0.3, -0.25) is 0 Å². The van der Waals surface area contributed by atoms with Crippen LogP contribution in [0.15, 0.2) is 16.7 Å². The molecule has 3 rings (SSSR count). The van der Waals surface area contributed by atoms with Gasteiger partial charge in [0.05, 0.1) is 11.1 Å². The van der Waals surface area contributed by atoms with E-state index >= 15 is 0 Å². The number of nitrogens with zero attached hydrogens (tertiary/aromatic N) is 1. The molecule has 0 saturated carbocycles. The topological polar surface area (TPSA) is 26.0 Å². The van der Waals surface area contributed by atoms with Crippen LogP contribution in [0.2, 0.25) is 0 Å². The molecule has 5 heteroatoms. The minimum absolute atomic E-state index is 0.172. The zero-order valence-electron chi connectivity index (χ0n) is 9.40. The molecule has 0 aromatic carbocycles. The number of rotatable bonds is 2. The molecular formula is C12H12ClNOS2. The summed E-state index contributed by atoms with van der Waals surface area (Å²) >= 11 is 9.77. The fourth-order valence-corrected chi connectivity index (χ4v) is 4.27. The van der Waals surface area contributed by atoms with Gasteiger partial charge in [0.1, 0.15) is 5.38 Å². The van der Waals surface area contributed by atoms with Crippen LogP contribution in [-0.2, 0) is 12.2 Å². The number of thioether (sulfide) groups is 1. The fraction of sp³-hybridized carbons (Fsp3) is 0.417. The van der Waals surface area contributed by atoms with Crippen LogP contribution in [0.4, 0.5) is 0 Å². The smallest absolute Gasteiger partial charge is 0.212 e. The highest BCUT2D eigenvalue weighted by molar-refractivity contribution is 7.98. The number of thiophene rings is 1. The van der Waals surface area contributed by atoms with E-state index < -0.39 is 0 Å². The quantitative estimate of drug-likeness (QED) is 0.760. The molecule has 90 valence electrons. The molecule has 1 atom stereocenters. The molecule has 0 N–H and O–H groups in total. The normalized spacial score (nSPS) is 16.8. The average molecular weight is 286 g/mol. The molecule has 1 aliphatic heterocycles. The van der Waals surface area contributed by atoms with Crippen molar-refractivity contribution in [3.05, 3.63) is 28.6 Å². The Balaban J connectivity index is 1.94. The largest absolute Gasteiger partial charge is 0.438 e. The van der Waals surface area contributed by atoms with Gasteiger partial charge in [-0.25, -0.2) is 4.98 Å². The summed E-state index contributed by atoms with van der Waals surface area (Å²) in [6.45, 7) is 1.87. The van der Waals surface area contributed by atoms with Gasteiger partial charge >= 0.3 is 0 Å². The van der Waals surface area contributed by atoms with E-state index in [0.717, 1.165) is 11.5 Å². The Morgan fingerprint density at radius 2 is 2.41 bits per heavy atom. The molecule has 0 aliphatic carbocycles. The Labute approximate surface area is 113 Å². The molecule has 0 saturated heterocycles. The average Bonchev–Trinajstić information content (AvgIpc) is 2.95. The van der Waals surface area contributed by atoms with E-state index in [1.807, 2.05) is 30.0 Å². The van der Waals surface area contributed by atoms with Crippen LogP contribution in [0.5, 0.6) is 0 Å². The van der Waals surface area contributed by atoms with E-state index in [1.165, 1.54) is 27.5 Å². The zero-order valence-corrected chi connectivity index (χ0v) is 11.8. The van der Waals surface area contributed by atoms with E-state index in [4.69, 9.17) is 16.0 Å². The standard InChI is InChI=1S/C12H12ClNOS2/c1-7(13)12-14-5-9(15-12)11-4-8-6-16-3-2-10(8)17-11/h4-5,7H,2-3,6H2,1H3. The van der Waals surface area contributed by atoms with Crippen molar-refractivity contribution in [1.29, 1.82) is 0 Å². The van der Waals surface area contributed by atoms with Gasteiger partial charge in [0.2, 0.25) is 5.89 Å². The van der Waals surface area contributed by atoms with Crippen LogP contribution < -0.4 is 0 Å². The molecule has 3 heterocycles. The van der Waals surface area contributed by atoms with E-state index in [1.54, 1.807) is 6.20 Å². The number of hydrogen-bond acceptors (Lipinski definition) is 4. The Morgan fingerprint density at radius 1 is 1.53 bits per heavy atom. The van der Waals surface area contributed by atoms with Crippen LogP contribution in [0, 0.1) is 0 Å². The lowest BCUT2D eigenvalue weighted by atomic mass is 10.2. The summed E-state index contributed by atoms with van der Waals surface area (Å²) in [5.41, 5.74) is 1.46. The first-order valence-corrected chi connectivity index (χ1v) is 7.94. The van der Waals surface area contributed by atoms with Crippen molar-refractivity contribution < 1.29 is 4.42 Å². The lowest BCUT2D eigenvalue weighted by Crippen LogP contribution is -1.96. The second-order valence-corrected chi connectivity index (χ2v) is 6.94. The first kappa shape index (κ1) is 11.6. The van der Waals surface area contributed by atoms with Crippen molar-refractivity contribution in [1.82, 2.24) is 4.98 Å². The second kappa shape index (κ2) is 4.67. The van der Waals surface area contributed by atoms with Gasteiger partial charge in [0.25, 0.3) is 0 Å². The maximum absolute atomic E-state index is 5.95. The minimum atomic E-state index is -0.172. The van der Waals surface area contributed by atoms with Crippen LogP contribution in [-0.4, -0.2) is 10.7 Å². The highest BCUT2D eigenvalue weighted by atomic mass is 35.5. The molecule has 0 amide bonds. The summed E-state index contributed by atoms with van der Waals surface area (Å²) in [5, 5.41) is -0.172. The molecule has 0 bridgehead atoms. The van der Waals surface area contributed by atoms with E-state index in [-0.39, 0.29) is 5.38 Å². The van der Waals surface area contributed by atoms with E-state index in [2.05, 4.69) is 11.1 Å². The van der Waals surface area contributed by atoms with Crippen molar-refractivity contribution in [3.8, 4) is 10.6 Å². The SMILES string of the molecule is CC(Cl)c1ncc(-c2cc3c(s2)CCSC3)o1. The molecule has 0 fully saturated rings. The second-order valence-electron chi connectivity index (χ2n) is 4.04. The van der Waals surface area contributed by atoms with Gasteiger partial charge < -0.3 is 4.42 Å². The van der Waals surface area contributed by atoms with Gasteiger partial charge in [0.15, 0.2) is 5.76 Å². The molecule has 17 heavy (non-hydrogen) atoms. The lowest BCUT2D eigenvalue weighted by Gasteiger charge is -2.08. The van der Waals surface area contributed by atoms with Crippen LogP contribution in [0.3, 0.4) is 0 Å². The minimum Gasteiger partial charge on any atom is -0.438 e. The Bertz CT molecular complexity index is 509. The number of oxazole rings is 1. The number of hydrogen-bond donors (Lipinski definition) is 0. The van der Waals surface area contributed by atoms with Crippen LogP contribution in [0.1, 0.15) is 28.6 Å². The summed E-state index contributed by atoms with van der Waals surface area (Å²) in [6.07, 6.45) is 2.95. The first-order valence-electron chi connectivity index (χ1n) is 5.53.